The molecule has 9 heteroatoms. The number of carbonyl (C=O) groups excluding carboxylic acids is 1. The van der Waals surface area contributed by atoms with E-state index in [4.69, 9.17) is 9.47 Å². The minimum atomic E-state index is -1.51. The Morgan fingerprint density at radius 2 is 1.73 bits per heavy atom. The first-order chi connectivity index (χ1) is 19.0. The molecule has 7 aliphatic rings. The Labute approximate surface area is 241 Å². The van der Waals surface area contributed by atoms with Gasteiger partial charge in [-0.05, 0) is 77.9 Å². The van der Waals surface area contributed by atoms with Crippen LogP contribution in [-0.2, 0) is 14.3 Å². The SMILES string of the molecule is C[C@@H]1CC(=O)[C@H](O)[C@@]2(O)C[C@@]3(C)C4=CC[C@H]5C(C)(C)[C@@H](O[C@@H]6OC[C@@H](O)[C@H](O)[C@H]6O)CC[C@@]56C[C@]46[C@@H](O)C[C@]3(C)[C@@H]12. The molecule has 0 aromatic carbocycles. The molecule has 6 aliphatic carbocycles. The van der Waals surface area contributed by atoms with E-state index in [0.717, 1.165) is 19.3 Å². The van der Waals surface area contributed by atoms with Gasteiger partial charge in [0, 0.05) is 11.8 Å². The molecule has 1 saturated heterocycles. The van der Waals surface area contributed by atoms with Gasteiger partial charge in [-0.25, -0.2) is 0 Å². The molecule has 0 aromatic rings. The number of rotatable bonds is 2. The van der Waals surface area contributed by atoms with Crippen molar-refractivity contribution in [1.82, 2.24) is 0 Å². The predicted molar refractivity (Wildman–Crippen MR) is 146 cm³/mol. The van der Waals surface area contributed by atoms with Crippen molar-refractivity contribution in [3.63, 3.8) is 0 Å². The third kappa shape index (κ3) is 3.18. The highest BCUT2D eigenvalue weighted by molar-refractivity contribution is 5.86. The second kappa shape index (κ2) is 8.42. The van der Waals surface area contributed by atoms with Gasteiger partial charge in [-0.15, -0.1) is 0 Å². The van der Waals surface area contributed by atoms with E-state index in [1.54, 1.807) is 0 Å². The highest BCUT2D eigenvalue weighted by Crippen LogP contribution is 2.88. The molecule has 9 nitrogen and oxygen atoms in total. The van der Waals surface area contributed by atoms with Gasteiger partial charge in [0.25, 0.3) is 0 Å². The Hall–Kier alpha value is -0.910. The summed E-state index contributed by atoms with van der Waals surface area (Å²) in [6.07, 6.45) is -0.461. The summed E-state index contributed by atoms with van der Waals surface area (Å²) in [5, 5.41) is 65.8. The second-order valence-electron chi connectivity index (χ2n) is 16.1. The van der Waals surface area contributed by atoms with Crippen LogP contribution in [0.1, 0.15) is 79.6 Å². The highest BCUT2D eigenvalue weighted by atomic mass is 16.7. The zero-order valence-corrected chi connectivity index (χ0v) is 24.9. The van der Waals surface area contributed by atoms with Crippen LogP contribution in [0.5, 0.6) is 0 Å². The number of aliphatic hydroxyl groups excluding tert-OH is 5. The van der Waals surface area contributed by atoms with Crippen molar-refractivity contribution in [1.29, 1.82) is 0 Å². The first-order valence-corrected chi connectivity index (χ1v) is 15.6. The van der Waals surface area contributed by atoms with Crippen molar-refractivity contribution in [2.45, 2.75) is 128 Å². The molecular weight excluding hydrogens is 528 g/mol. The minimum Gasteiger partial charge on any atom is -0.392 e. The molecule has 0 radical (unpaired) electrons. The van der Waals surface area contributed by atoms with Crippen molar-refractivity contribution < 1.29 is 44.9 Å². The maximum atomic E-state index is 12.7. The van der Waals surface area contributed by atoms with Gasteiger partial charge in [0.2, 0.25) is 0 Å². The topological polar surface area (TPSA) is 157 Å². The molecule has 1 aliphatic heterocycles. The number of allylic oxidation sites excluding steroid dienone is 1. The van der Waals surface area contributed by atoms with Gasteiger partial charge in [-0.1, -0.05) is 46.3 Å². The summed E-state index contributed by atoms with van der Waals surface area (Å²) >= 11 is 0. The predicted octanol–water partition coefficient (Wildman–Crippen LogP) is 1.45. The summed E-state index contributed by atoms with van der Waals surface area (Å²) in [5.41, 5.74) is -2.07. The number of ether oxygens (including phenoxy) is 2. The number of carbonyl (C=O) groups is 1. The molecule has 0 bridgehead atoms. The van der Waals surface area contributed by atoms with E-state index in [-0.39, 0.29) is 53.5 Å². The largest absolute Gasteiger partial charge is 0.392 e. The second-order valence-corrected chi connectivity index (χ2v) is 16.1. The summed E-state index contributed by atoms with van der Waals surface area (Å²) in [4.78, 5) is 12.7. The zero-order valence-electron chi connectivity index (χ0n) is 24.9. The molecule has 41 heavy (non-hydrogen) atoms. The molecule has 7 rings (SSSR count). The molecule has 230 valence electrons. The molecule has 0 amide bonds. The minimum absolute atomic E-state index is 0.0856. The Morgan fingerprint density at radius 3 is 2.44 bits per heavy atom. The Kier molecular flexibility index (Phi) is 5.92. The summed E-state index contributed by atoms with van der Waals surface area (Å²) in [6, 6.07) is 0. The third-order valence-electron chi connectivity index (χ3n) is 14.2. The van der Waals surface area contributed by atoms with E-state index in [1.807, 2.05) is 6.92 Å². The summed E-state index contributed by atoms with van der Waals surface area (Å²) in [5.74, 6) is -0.455. The third-order valence-corrected chi connectivity index (χ3v) is 14.2. The Balaban J connectivity index is 1.23. The maximum Gasteiger partial charge on any atom is 0.186 e. The van der Waals surface area contributed by atoms with Crippen LogP contribution in [0.25, 0.3) is 0 Å². The van der Waals surface area contributed by atoms with Crippen LogP contribution >= 0.6 is 0 Å². The fourth-order valence-electron chi connectivity index (χ4n) is 12.3. The van der Waals surface area contributed by atoms with Crippen LogP contribution in [0.15, 0.2) is 11.6 Å². The Bertz CT molecular complexity index is 1190. The number of Topliss-reactive ketones (excluding diaryl/α,β-unsaturated/α-hetero) is 1. The van der Waals surface area contributed by atoms with E-state index >= 15 is 0 Å². The highest BCUT2D eigenvalue weighted by Gasteiger charge is 2.85. The number of ketones is 1. The lowest BCUT2D eigenvalue weighted by atomic mass is 9.44. The first-order valence-electron chi connectivity index (χ1n) is 15.6. The molecule has 6 N–H and O–H groups in total. The summed E-state index contributed by atoms with van der Waals surface area (Å²) < 4.78 is 11.9. The number of hydrogen-bond acceptors (Lipinski definition) is 9. The molecule has 2 spiro atoms. The zero-order chi connectivity index (χ0) is 29.7. The van der Waals surface area contributed by atoms with Crippen LogP contribution in [0.2, 0.25) is 0 Å². The van der Waals surface area contributed by atoms with E-state index in [0.29, 0.717) is 19.3 Å². The van der Waals surface area contributed by atoms with Crippen LogP contribution < -0.4 is 0 Å². The van der Waals surface area contributed by atoms with Gasteiger partial charge in [0.15, 0.2) is 12.1 Å². The van der Waals surface area contributed by atoms with Crippen molar-refractivity contribution in [2.75, 3.05) is 6.61 Å². The standard InChI is InChI=1S/C32H48O9/c1-15-10-16(33)25(38)32(39)13-29(5)19-7-6-18-27(2,3)21(41-26-23(37)22(36)17(34)12-40-26)8-9-30(18)14-31(19,30)20(35)11-28(29,4)24(15)32/h7,15,17-18,20-26,34-39H,6,8-14H2,1-5H3/t15-,17-,18+,20+,21+,22+,23-,24-,25+,26+,28-,29+,30-,31-,32-/m1/s1. The molecule has 0 aromatic heterocycles. The van der Waals surface area contributed by atoms with E-state index in [2.05, 4.69) is 33.8 Å². The lowest BCUT2D eigenvalue weighted by Crippen LogP contribution is -2.61. The summed E-state index contributed by atoms with van der Waals surface area (Å²) in [6.45, 7) is 10.7. The van der Waals surface area contributed by atoms with Crippen molar-refractivity contribution in [3.05, 3.63) is 11.6 Å². The molecule has 0 unspecified atom stereocenters. The van der Waals surface area contributed by atoms with Crippen molar-refractivity contribution in [3.8, 4) is 0 Å². The molecular formula is C32H48O9. The smallest absolute Gasteiger partial charge is 0.186 e. The molecule has 6 fully saturated rings. The summed E-state index contributed by atoms with van der Waals surface area (Å²) in [7, 11) is 0. The lowest BCUT2D eigenvalue weighted by Gasteiger charge is -2.61. The van der Waals surface area contributed by atoms with Gasteiger partial charge in [-0.2, -0.15) is 0 Å². The van der Waals surface area contributed by atoms with Crippen LogP contribution in [0, 0.1) is 44.8 Å². The number of hydrogen-bond donors (Lipinski definition) is 6. The van der Waals surface area contributed by atoms with Gasteiger partial charge in [-0.3, -0.25) is 4.79 Å². The Morgan fingerprint density at radius 1 is 1.02 bits per heavy atom. The van der Waals surface area contributed by atoms with Crippen LogP contribution in [0.3, 0.4) is 0 Å². The van der Waals surface area contributed by atoms with Crippen molar-refractivity contribution in [2.24, 2.45) is 44.8 Å². The maximum absolute atomic E-state index is 12.7. The van der Waals surface area contributed by atoms with Gasteiger partial charge in [0.05, 0.1) is 18.8 Å². The van der Waals surface area contributed by atoms with E-state index in [9.17, 15) is 35.4 Å². The van der Waals surface area contributed by atoms with E-state index in [1.165, 1.54) is 5.57 Å². The van der Waals surface area contributed by atoms with Crippen LogP contribution in [0.4, 0.5) is 0 Å². The normalized spacial score (nSPS) is 60.7. The fourth-order valence-corrected chi connectivity index (χ4v) is 12.3. The first kappa shape index (κ1) is 28.8. The average molecular weight is 577 g/mol. The van der Waals surface area contributed by atoms with Crippen molar-refractivity contribution >= 4 is 5.78 Å². The molecule has 15 atom stereocenters. The van der Waals surface area contributed by atoms with Gasteiger partial charge >= 0.3 is 0 Å². The quantitative estimate of drug-likeness (QED) is 0.268. The van der Waals surface area contributed by atoms with Gasteiger partial charge in [0.1, 0.15) is 30.0 Å². The lowest BCUT2D eigenvalue weighted by molar-refractivity contribution is -0.301. The van der Waals surface area contributed by atoms with Gasteiger partial charge < -0.3 is 40.1 Å². The number of fused-ring (bicyclic) bond motifs is 4. The number of aliphatic hydroxyl groups is 6. The molecule has 1 heterocycles. The average Bonchev–Trinajstić information content (AvgIpc) is 3.53. The molecule has 5 saturated carbocycles. The van der Waals surface area contributed by atoms with Crippen LogP contribution in [-0.4, -0.2) is 91.5 Å². The van der Waals surface area contributed by atoms with E-state index < -0.39 is 58.7 Å². The fraction of sp³-hybridized carbons (Fsp3) is 0.906. The monoisotopic (exact) mass is 576 g/mol.